The zero-order valence-corrected chi connectivity index (χ0v) is 9.58. The molecule has 2 N–H and O–H groups in total. The van der Waals surface area contributed by atoms with Crippen LogP contribution in [0.2, 0.25) is 0 Å². The smallest absolute Gasteiger partial charge is 0.267 e. The Morgan fingerprint density at radius 2 is 2.38 bits per heavy atom. The average Bonchev–Trinajstić information content (AvgIpc) is 2.27. The van der Waals surface area contributed by atoms with E-state index in [4.69, 9.17) is 4.74 Å². The molecule has 90 valence electrons. The number of ether oxygens (including phenoxy) is 1. The molecule has 0 radical (unpaired) electrons. The van der Waals surface area contributed by atoms with E-state index in [1.807, 2.05) is 6.92 Å². The molecule has 0 aliphatic carbocycles. The average molecular weight is 227 g/mol. The first-order chi connectivity index (χ1) is 7.63. The van der Waals surface area contributed by atoms with Gasteiger partial charge < -0.3 is 10.1 Å². The van der Waals surface area contributed by atoms with E-state index in [2.05, 4.69) is 15.8 Å². The molecule has 16 heavy (non-hydrogen) atoms. The minimum atomic E-state index is -0.219. The van der Waals surface area contributed by atoms with Crippen molar-refractivity contribution in [1.29, 1.82) is 0 Å². The van der Waals surface area contributed by atoms with Gasteiger partial charge in [-0.1, -0.05) is 6.92 Å². The minimum Gasteiger partial charge on any atom is -0.384 e. The number of carbonyl (C=O) groups is 2. The van der Waals surface area contributed by atoms with Gasteiger partial charge in [0.25, 0.3) is 5.91 Å². The molecule has 0 spiro atoms. The first kappa shape index (κ1) is 12.6. The van der Waals surface area contributed by atoms with E-state index in [1.165, 1.54) is 0 Å². The molecular formula is C10H17N3O3. The molecule has 1 aliphatic rings. The van der Waals surface area contributed by atoms with Crippen LogP contribution in [0.15, 0.2) is 5.10 Å². The number of rotatable bonds is 5. The maximum Gasteiger partial charge on any atom is 0.267 e. The van der Waals surface area contributed by atoms with Gasteiger partial charge in [0.1, 0.15) is 5.71 Å². The second-order valence-electron chi connectivity index (χ2n) is 3.86. The SMILES string of the molecule is COCC(C)CNC(=O)C1=NNC(=O)CC1. The van der Waals surface area contributed by atoms with E-state index in [9.17, 15) is 9.59 Å². The summed E-state index contributed by atoms with van der Waals surface area (Å²) in [5.74, 6) is -0.111. The Morgan fingerprint density at radius 1 is 1.62 bits per heavy atom. The Bertz CT molecular complexity index is 302. The second-order valence-corrected chi connectivity index (χ2v) is 3.86. The maximum atomic E-state index is 11.6. The van der Waals surface area contributed by atoms with Crippen LogP contribution in [0.25, 0.3) is 0 Å². The summed E-state index contributed by atoms with van der Waals surface area (Å²) < 4.78 is 4.96. The molecule has 0 saturated heterocycles. The summed E-state index contributed by atoms with van der Waals surface area (Å²) in [6.45, 7) is 3.12. The largest absolute Gasteiger partial charge is 0.384 e. The highest BCUT2D eigenvalue weighted by Gasteiger charge is 2.18. The molecule has 0 aromatic carbocycles. The summed E-state index contributed by atoms with van der Waals surface area (Å²) in [5, 5.41) is 6.46. The Hall–Kier alpha value is -1.43. The molecule has 0 aromatic rings. The van der Waals surface area contributed by atoms with Gasteiger partial charge in [0.15, 0.2) is 0 Å². The van der Waals surface area contributed by atoms with E-state index in [-0.39, 0.29) is 17.7 Å². The molecule has 1 unspecified atom stereocenters. The molecule has 0 fully saturated rings. The highest BCUT2D eigenvalue weighted by Crippen LogP contribution is 2.00. The number of nitrogens with zero attached hydrogens (tertiary/aromatic N) is 1. The monoisotopic (exact) mass is 227 g/mol. The summed E-state index contributed by atoms with van der Waals surface area (Å²) in [4.78, 5) is 22.4. The van der Waals surface area contributed by atoms with Crippen molar-refractivity contribution in [3.8, 4) is 0 Å². The number of hydrogen-bond acceptors (Lipinski definition) is 4. The van der Waals surface area contributed by atoms with Crippen molar-refractivity contribution in [2.45, 2.75) is 19.8 Å². The summed E-state index contributed by atoms with van der Waals surface area (Å²) in [6, 6.07) is 0. The van der Waals surface area contributed by atoms with Gasteiger partial charge in [-0.15, -0.1) is 0 Å². The number of carbonyl (C=O) groups excluding carboxylic acids is 2. The van der Waals surface area contributed by atoms with Crippen molar-refractivity contribution < 1.29 is 14.3 Å². The van der Waals surface area contributed by atoms with Crippen molar-refractivity contribution in [2.24, 2.45) is 11.0 Å². The van der Waals surface area contributed by atoms with Gasteiger partial charge in [-0.3, -0.25) is 9.59 Å². The predicted octanol–water partition coefficient (Wildman–Crippen LogP) is -0.349. The summed E-state index contributed by atoms with van der Waals surface area (Å²) in [6.07, 6.45) is 0.718. The second kappa shape index (κ2) is 6.22. The zero-order chi connectivity index (χ0) is 12.0. The van der Waals surface area contributed by atoms with Gasteiger partial charge in [-0.05, 0) is 5.92 Å². The standard InChI is InChI=1S/C10H17N3O3/c1-7(6-16-2)5-11-10(15)8-3-4-9(14)13-12-8/h7H,3-6H2,1-2H3,(H,11,15)(H,13,14). The first-order valence-electron chi connectivity index (χ1n) is 5.26. The van der Waals surface area contributed by atoms with E-state index in [0.29, 0.717) is 31.7 Å². The molecule has 1 atom stereocenters. The van der Waals surface area contributed by atoms with Crippen molar-refractivity contribution in [3.63, 3.8) is 0 Å². The normalized spacial score (nSPS) is 17.4. The Morgan fingerprint density at radius 3 is 2.94 bits per heavy atom. The quantitative estimate of drug-likeness (QED) is 0.673. The highest BCUT2D eigenvalue weighted by molar-refractivity contribution is 6.39. The third-order valence-corrected chi connectivity index (χ3v) is 2.23. The van der Waals surface area contributed by atoms with Crippen molar-refractivity contribution in [2.75, 3.05) is 20.3 Å². The van der Waals surface area contributed by atoms with Gasteiger partial charge in [-0.25, -0.2) is 5.43 Å². The lowest BCUT2D eigenvalue weighted by Gasteiger charge is -2.14. The Balaban J connectivity index is 2.32. The van der Waals surface area contributed by atoms with Crippen LogP contribution in [0, 0.1) is 5.92 Å². The fraction of sp³-hybridized carbons (Fsp3) is 0.700. The summed E-state index contributed by atoms with van der Waals surface area (Å²) >= 11 is 0. The van der Waals surface area contributed by atoms with E-state index < -0.39 is 0 Å². The number of nitrogens with one attached hydrogen (secondary N) is 2. The van der Waals surface area contributed by atoms with E-state index in [1.54, 1.807) is 7.11 Å². The minimum absolute atomic E-state index is 0.149. The number of hydrogen-bond donors (Lipinski definition) is 2. The van der Waals surface area contributed by atoms with Gasteiger partial charge in [0.2, 0.25) is 5.91 Å². The third kappa shape index (κ3) is 3.98. The molecule has 1 aliphatic heterocycles. The maximum absolute atomic E-state index is 11.6. The predicted molar refractivity (Wildman–Crippen MR) is 58.9 cm³/mol. The van der Waals surface area contributed by atoms with Crippen LogP contribution in [0.4, 0.5) is 0 Å². The number of methoxy groups -OCH3 is 1. The van der Waals surface area contributed by atoms with Crippen LogP contribution in [0.3, 0.4) is 0 Å². The number of amides is 2. The summed E-state index contributed by atoms with van der Waals surface area (Å²) in [5.41, 5.74) is 2.67. The summed E-state index contributed by atoms with van der Waals surface area (Å²) in [7, 11) is 1.62. The molecule has 6 heteroatoms. The van der Waals surface area contributed by atoms with Crippen molar-refractivity contribution in [3.05, 3.63) is 0 Å². The molecule has 1 heterocycles. The van der Waals surface area contributed by atoms with Crippen LogP contribution in [-0.4, -0.2) is 37.8 Å². The molecule has 0 saturated carbocycles. The Labute approximate surface area is 94.4 Å². The molecule has 6 nitrogen and oxygen atoms in total. The van der Waals surface area contributed by atoms with Crippen molar-refractivity contribution >= 4 is 17.5 Å². The van der Waals surface area contributed by atoms with Gasteiger partial charge in [-0.2, -0.15) is 5.10 Å². The van der Waals surface area contributed by atoms with Crippen LogP contribution in [0.5, 0.6) is 0 Å². The molecule has 0 aromatic heterocycles. The zero-order valence-electron chi connectivity index (χ0n) is 9.58. The van der Waals surface area contributed by atoms with Crippen LogP contribution in [0.1, 0.15) is 19.8 Å². The van der Waals surface area contributed by atoms with E-state index >= 15 is 0 Å². The van der Waals surface area contributed by atoms with Gasteiger partial charge in [0.05, 0.1) is 6.61 Å². The first-order valence-corrected chi connectivity index (χ1v) is 5.26. The van der Waals surface area contributed by atoms with Crippen LogP contribution in [-0.2, 0) is 14.3 Å². The fourth-order valence-electron chi connectivity index (χ4n) is 1.35. The topological polar surface area (TPSA) is 79.8 Å². The highest BCUT2D eigenvalue weighted by atomic mass is 16.5. The number of hydrazone groups is 1. The fourth-order valence-corrected chi connectivity index (χ4v) is 1.35. The van der Waals surface area contributed by atoms with Crippen molar-refractivity contribution in [1.82, 2.24) is 10.7 Å². The van der Waals surface area contributed by atoms with Gasteiger partial charge in [0, 0.05) is 26.5 Å². The van der Waals surface area contributed by atoms with E-state index in [0.717, 1.165) is 0 Å². The Kier molecular flexibility index (Phi) is 4.91. The molecule has 2 amide bonds. The lowest BCUT2D eigenvalue weighted by Crippen LogP contribution is -2.39. The molecular weight excluding hydrogens is 210 g/mol. The lowest BCUT2D eigenvalue weighted by atomic mass is 10.1. The molecule has 0 bridgehead atoms. The van der Waals surface area contributed by atoms with Crippen LogP contribution < -0.4 is 10.7 Å². The lowest BCUT2D eigenvalue weighted by molar-refractivity contribution is -0.121. The van der Waals surface area contributed by atoms with Gasteiger partial charge >= 0.3 is 0 Å². The molecule has 1 rings (SSSR count). The van der Waals surface area contributed by atoms with Crippen LogP contribution >= 0.6 is 0 Å². The third-order valence-electron chi connectivity index (χ3n) is 2.23.